The number of hydrogen-bond donors (Lipinski definition) is 6. The van der Waals surface area contributed by atoms with Crippen LogP contribution < -0.4 is 16.6 Å². The molecule has 2 rings (SSSR count). The molecule has 2 heterocycles. The van der Waals surface area contributed by atoms with Crippen LogP contribution in [0.5, 0.6) is 0 Å². The van der Waals surface area contributed by atoms with Crippen molar-refractivity contribution in [3.05, 3.63) is 32.6 Å². The molecule has 0 bridgehead atoms. The number of hydrogen-bond acceptors (Lipinski definition) is 7. The zero-order chi connectivity index (χ0) is 17.4. The molecule has 1 saturated heterocycles. The van der Waals surface area contributed by atoms with Gasteiger partial charge in [-0.2, -0.15) is 0 Å². The monoisotopic (exact) mass is 351 g/mol. The van der Waals surface area contributed by atoms with Crippen molar-refractivity contribution >= 4 is 7.60 Å². The molecule has 1 aliphatic rings. The summed E-state index contributed by atoms with van der Waals surface area (Å²) in [6.45, 7) is 0.837. The molecule has 0 amide bonds. The van der Waals surface area contributed by atoms with Gasteiger partial charge in [0.15, 0.2) is 0 Å². The van der Waals surface area contributed by atoms with Crippen LogP contribution in [0.2, 0.25) is 0 Å². The molecule has 0 aromatic carbocycles. The van der Waals surface area contributed by atoms with Crippen LogP contribution >= 0.6 is 7.60 Å². The largest absolute Gasteiger partial charge is 0.393 e. The van der Waals surface area contributed by atoms with Crippen LogP contribution in [0.15, 0.2) is 15.8 Å². The topological polar surface area (TPSA) is 174 Å². The number of aliphatic hydroxyl groups is 2. The van der Waals surface area contributed by atoms with Crippen molar-refractivity contribution in [2.45, 2.75) is 31.4 Å². The van der Waals surface area contributed by atoms with Gasteiger partial charge in [0.1, 0.15) is 24.3 Å². The summed E-state index contributed by atoms with van der Waals surface area (Å²) in [5, 5.41) is 22.0. The van der Waals surface area contributed by atoms with Crippen LogP contribution in [0.3, 0.4) is 0 Å². The van der Waals surface area contributed by atoms with Gasteiger partial charge in [-0.3, -0.25) is 24.2 Å². The van der Waals surface area contributed by atoms with Gasteiger partial charge in [0, 0.05) is 18.2 Å². The van der Waals surface area contributed by atoms with Crippen LogP contribution in [-0.4, -0.2) is 54.3 Å². The van der Waals surface area contributed by atoms with E-state index >= 15 is 0 Å². The second-order valence-electron chi connectivity index (χ2n) is 5.37. The Morgan fingerprint density at radius 2 is 2.17 bits per heavy atom. The van der Waals surface area contributed by atoms with E-state index in [1.807, 2.05) is 0 Å². The summed E-state index contributed by atoms with van der Waals surface area (Å²) < 4.78 is 17.4. The first-order chi connectivity index (χ1) is 10.6. The van der Waals surface area contributed by atoms with Crippen molar-refractivity contribution < 1.29 is 29.3 Å². The number of rotatable bonds is 5. The number of aromatic nitrogens is 2. The lowest BCUT2D eigenvalue weighted by Gasteiger charge is -2.28. The van der Waals surface area contributed by atoms with E-state index in [4.69, 9.17) is 14.5 Å². The molecule has 6 N–H and O–H groups in total. The number of nitrogens with zero attached hydrogens (tertiary/aromatic N) is 1. The smallest absolute Gasteiger partial charge is 0.339 e. The maximum atomic E-state index is 11.8. The first-order valence-corrected chi connectivity index (χ1v) is 8.46. The first-order valence-electron chi connectivity index (χ1n) is 6.66. The van der Waals surface area contributed by atoms with E-state index in [1.54, 1.807) is 0 Å². The lowest BCUT2D eigenvalue weighted by molar-refractivity contribution is -0.0949. The fraction of sp³-hybridized carbons (Fsp3) is 0.636. The van der Waals surface area contributed by atoms with Crippen molar-refractivity contribution in [1.29, 1.82) is 0 Å². The van der Waals surface area contributed by atoms with E-state index in [1.165, 1.54) is 13.1 Å². The Morgan fingerprint density at radius 3 is 2.74 bits per heavy atom. The highest BCUT2D eigenvalue weighted by Gasteiger charge is 2.48. The van der Waals surface area contributed by atoms with Gasteiger partial charge in [-0.15, -0.1) is 0 Å². The van der Waals surface area contributed by atoms with Crippen molar-refractivity contribution in [2.75, 3.05) is 12.9 Å². The Kier molecular flexibility index (Phi) is 4.92. The highest BCUT2D eigenvalue weighted by molar-refractivity contribution is 7.51. The fourth-order valence-corrected chi connectivity index (χ4v) is 2.81. The average Bonchev–Trinajstić information content (AvgIpc) is 2.77. The standard InChI is InChI=1S/C11H18N3O8P/c1-6-3-14(10(17)13-9(6)16)8-2-11(18,7(4-15)22-8)12-5-23(19,20)21/h3,7-8,12,15,18H,2,4-5H2,1H3,(H,13,16,17)(H2,19,20,21)/t7-,8-,11-/m1/s1. The Balaban J connectivity index is 2.28. The molecule has 1 aromatic heterocycles. The summed E-state index contributed by atoms with van der Waals surface area (Å²) in [4.78, 5) is 43.1. The molecule has 0 saturated carbocycles. The van der Waals surface area contributed by atoms with Gasteiger partial charge in [-0.25, -0.2) is 4.79 Å². The first kappa shape index (κ1) is 18.0. The van der Waals surface area contributed by atoms with Crippen LogP contribution in [0.1, 0.15) is 18.2 Å². The number of ether oxygens (including phenoxy) is 1. The van der Waals surface area contributed by atoms with Crippen LogP contribution in [0.25, 0.3) is 0 Å². The number of nitrogens with one attached hydrogen (secondary N) is 2. The van der Waals surface area contributed by atoms with Crippen molar-refractivity contribution in [3.8, 4) is 0 Å². The van der Waals surface area contributed by atoms with Crippen LogP contribution in [0, 0.1) is 6.92 Å². The Labute approximate surface area is 129 Å². The summed E-state index contributed by atoms with van der Waals surface area (Å²) in [6, 6.07) is 0. The second-order valence-corrected chi connectivity index (χ2v) is 7.01. The average molecular weight is 351 g/mol. The molecule has 12 heteroatoms. The van der Waals surface area contributed by atoms with E-state index in [2.05, 4.69) is 10.3 Å². The van der Waals surface area contributed by atoms with E-state index in [0.29, 0.717) is 0 Å². The van der Waals surface area contributed by atoms with Gasteiger partial charge in [-0.1, -0.05) is 0 Å². The minimum Gasteiger partial charge on any atom is -0.393 e. The van der Waals surface area contributed by atoms with Gasteiger partial charge in [0.2, 0.25) is 0 Å². The maximum absolute atomic E-state index is 11.8. The lowest BCUT2D eigenvalue weighted by Crippen LogP contribution is -2.53. The highest BCUT2D eigenvalue weighted by atomic mass is 31.2. The number of H-pyrrole nitrogens is 1. The van der Waals surface area contributed by atoms with Crippen LogP contribution in [0.4, 0.5) is 0 Å². The molecule has 1 aromatic rings. The zero-order valence-corrected chi connectivity index (χ0v) is 13.1. The van der Waals surface area contributed by atoms with Gasteiger partial charge in [0.25, 0.3) is 5.56 Å². The van der Waals surface area contributed by atoms with E-state index in [9.17, 15) is 24.4 Å². The van der Waals surface area contributed by atoms with Gasteiger partial charge in [0.05, 0.1) is 6.61 Å². The molecular weight excluding hydrogens is 333 g/mol. The zero-order valence-electron chi connectivity index (χ0n) is 12.2. The molecule has 1 fully saturated rings. The molecular formula is C11H18N3O8P. The number of aliphatic hydroxyl groups excluding tert-OH is 1. The molecule has 1 aliphatic heterocycles. The molecule has 0 spiro atoms. The second kappa shape index (κ2) is 6.29. The molecule has 23 heavy (non-hydrogen) atoms. The summed E-state index contributed by atoms with van der Waals surface area (Å²) in [6.07, 6.45) is -2.07. The fourth-order valence-electron chi connectivity index (χ4n) is 2.33. The third-order valence-electron chi connectivity index (χ3n) is 3.55. The minimum atomic E-state index is -4.44. The third-order valence-corrected chi connectivity index (χ3v) is 4.12. The SMILES string of the molecule is Cc1cn([C@H]2C[C@](O)(NCP(=O)(O)O)[C@@H](CO)O2)c(=O)[nH]c1=O. The number of aromatic amines is 1. The molecule has 130 valence electrons. The van der Waals surface area contributed by atoms with Gasteiger partial charge >= 0.3 is 13.3 Å². The highest BCUT2D eigenvalue weighted by Crippen LogP contribution is 2.38. The molecule has 0 unspecified atom stereocenters. The molecule has 0 radical (unpaired) electrons. The third kappa shape index (κ3) is 3.96. The van der Waals surface area contributed by atoms with Crippen LogP contribution in [-0.2, 0) is 9.30 Å². The van der Waals surface area contributed by atoms with Gasteiger partial charge < -0.3 is 24.7 Å². The molecule has 3 atom stereocenters. The summed E-state index contributed by atoms with van der Waals surface area (Å²) in [5.74, 6) is 0. The van der Waals surface area contributed by atoms with Crippen molar-refractivity contribution in [1.82, 2.24) is 14.9 Å². The minimum absolute atomic E-state index is 0.243. The van der Waals surface area contributed by atoms with Gasteiger partial charge in [-0.05, 0) is 6.92 Å². The Bertz CT molecular complexity index is 740. The number of aryl methyl sites for hydroxylation is 1. The lowest BCUT2D eigenvalue weighted by atomic mass is 10.1. The predicted octanol–water partition coefficient (Wildman–Crippen LogP) is -2.46. The molecule has 11 nitrogen and oxygen atoms in total. The Morgan fingerprint density at radius 1 is 1.52 bits per heavy atom. The van der Waals surface area contributed by atoms with Crippen molar-refractivity contribution in [2.24, 2.45) is 0 Å². The van der Waals surface area contributed by atoms with E-state index in [0.717, 1.165) is 4.57 Å². The maximum Gasteiger partial charge on any atom is 0.339 e. The summed E-state index contributed by atoms with van der Waals surface area (Å²) >= 11 is 0. The van der Waals surface area contributed by atoms with E-state index < -0.39 is 49.8 Å². The molecule has 0 aliphatic carbocycles. The van der Waals surface area contributed by atoms with Crippen molar-refractivity contribution in [3.63, 3.8) is 0 Å². The quantitative estimate of drug-likeness (QED) is 0.248. The normalized spacial score (nSPS) is 28.2. The van der Waals surface area contributed by atoms with E-state index in [-0.39, 0.29) is 12.0 Å². The Hall–Kier alpha value is -1.33. The summed E-state index contributed by atoms with van der Waals surface area (Å²) in [5.41, 5.74) is -3.02. The summed E-state index contributed by atoms with van der Waals surface area (Å²) in [7, 11) is -4.44. The predicted molar refractivity (Wildman–Crippen MR) is 76.7 cm³/mol.